The molecule has 17 heavy (non-hydrogen) atoms. The number of methoxy groups -OCH3 is 1. The van der Waals surface area contributed by atoms with Crippen LogP contribution in [-0.2, 0) is 14.3 Å². The van der Waals surface area contributed by atoms with Gasteiger partial charge in [-0.3, -0.25) is 9.59 Å². The lowest BCUT2D eigenvalue weighted by molar-refractivity contribution is -0.149. The van der Waals surface area contributed by atoms with E-state index in [4.69, 9.17) is 0 Å². The van der Waals surface area contributed by atoms with Crippen molar-refractivity contribution < 1.29 is 14.3 Å². The molecule has 0 heterocycles. The minimum Gasteiger partial charge on any atom is -0.468 e. The zero-order valence-corrected chi connectivity index (χ0v) is 10.9. The fourth-order valence-electron chi connectivity index (χ4n) is 2.37. The van der Waals surface area contributed by atoms with Crippen LogP contribution in [0, 0.1) is 5.92 Å². The number of hydrogen-bond acceptors (Lipinski definition) is 3. The van der Waals surface area contributed by atoms with Crippen LogP contribution in [0.2, 0.25) is 0 Å². The maximum absolute atomic E-state index is 12.3. The van der Waals surface area contributed by atoms with Crippen molar-refractivity contribution in [3.05, 3.63) is 0 Å². The Kier molecular flexibility index (Phi) is 6.01. The van der Waals surface area contributed by atoms with E-state index in [1.165, 1.54) is 13.5 Å². The van der Waals surface area contributed by atoms with Crippen LogP contribution in [-0.4, -0.2) is 37.0 Å². The molecule has 0 saturated heterocycles. The highest BCUT2D eigenvalue weighted by Gasteiger charge is 2.26. The maximum atomic E-state index is 12.3. The summed E-state index contributed by atoms with van der Waals surface area (Å²) in [6.45, 7) is 2.75. The average Bonchev–Trinajstić information content (AvgIpc) is 2.38. The van der Waals surface area contributed by atoms with Crippen LogP contribution in [0.5, 0.6) is 0 Å². The number of carbonyl (C=O) groups excluding carboxylic acids is 2. The van der Waals surface area contributed by atoms with Gasteiger partial charge in [-0.25, -0.2) is 0 Å². The van der Waals surface area contributed by atoms with Crippen LogP contribution in [0.3, 0.4) is 0 Å². The molecule has 1 saturated carbocycles. The Morgan fingerprint density at radius 1 is 1.24 bits per heavy atom. The monoisotopic (exact) mass is 241 g/mol. The van der Waals surface area contributed by atoms with Crippen molar-refractivity contribution in [1.82, 2.24) is 4.90 Å². The van der Waals surface area contributed by atoms with Gasteiger partial charge in [0.25, 0.3) is 0 Å². The molecule has 0 aromatic rings. The molecule has 0 N–H and O–H groups in total. The Morgan fingerprint density at radius 3 is 2.41 bits per heavy atom. The van der Waals surface area contributed by atoms with Gasteiger partial charge >= 0.3 is 5.97 Å². The van der Waals surface area contributed by atoms with Gasteiger partial charge in [0.1, 0.15) is 6.54 Å². The predicted molar refractivity (Wildman–Crippen MR) is 65.5 cm³/mol. The molecule has 1 fully saturated rings. The van der Waals surface area contributed by atoms with E-state index < -0.39 is 0 Å². The lowest BCUT2D eigenvalue weighted by Gasteiger charge is -2.28. The number of ether oxygens (including phenoxy) is 1. The van der Waals surface area contributed by atoms with Gasteiger partial charge in [-0.2, -0.15) is 0 Å². The summed E-state index contributed by atoms with van der Waals surface area (Å²) in [6.07, 6.45) is 6.31. The fraction of sp³-hybridized carbons (Fsp3) is 0.846. The SMILES string of the molecule is CCCN(CC(=O)OC)C(=O)C1CCCCC1. The van der Waals surface area contributed by atoms with Crippen molar-refractivity contribution in [2.24, 2.45) is 5.92 Å². The van der Waals surface area contributed by atoms with Gasteiger partial charge in [0.2, 0.25) is 5.91 Å². The number of amides is 1. The second kappa shape index (κ2) is 7.30. The van der Waals surface area contributed by atoms with Crippen molar-refractivity contribution in [3.8, 4) is 0 Å². The summed E-state index contributed by atoms with van der Waals surface area (Å²) in [5, 5.41) is 0. The number of esters is 1. The average molecular weight is 241 g/mol. The molecule has 0 aromatic heterocycles. The first kappa shape index (κ1) is 14.0. The molecule has 0 aromatic carbocycles. The van der Waals surface area contributed by atoms with Crippen LogP contribution in [0.15, 0.2) is 0 Å². The van der Waals surface area contributed by atoms with E-state index in [0.29, 0.717) is 6.54 Å². The van der Waals surface area contributed by atoms with Gasteiger partial charge in [-0.15, -0.1) is 0 Å². The van der Waals surface area contributed by atoms with E-state index in [2.05, 4.69) is 4.74 Å². The van der Waals surface area contributed by atoms with Gasteiger partial charge < -0.3 is 9.64 Å². The molecule has 4 heteroatoms. The summed E-state index contributed by atoms with van der Waals surface area (Å²) in [5.74, 6) is -0.0699. The Bertz CT molecular complexity index is 259. The van der Waals surface area contributed by atoms with Gasteiger partial charge in [0, 0.05) is 12.5 Å². The molecular formula is C13H23NO3. The zero-order chi connectivity index (χ0) is 12.7. The number of rotatable bonds is 5. The highest BCUT2D eigenvalue weighted by Crippen LogP contribution is 2.25. The maximum Gasteiger partial charge on any atom is 0.325 e. The third-order valence-corrected chi connectivity index (χ3v) is 3.31. The minimum atomic E-state index is -0.331. The topological polar surface area (TPSA) is 46.6 Å². The highest BCUT2D eigenvalue weighted by molar-refractivity contribution is 5.83. The van der Waals surface area contributed by atoms with Crippen LogP contribution in [0.1, 0.15) is 45.4 Å². The lowest BCUT2D eigenvalue weighted by Crippen LogP contribution is -2.41. The van der Waals surface area contributed by atoms with Crippen LogP contribution in [0.25, 0.3) is 0 Å². The highest BCUT2D eigenvalue weighted by atomic mass is 16.5. The molecule has 98 valence electrons. The summed E-state index contributed by atoms with van der Waals surface area (Å²) in [5.41, 5.74) is 0. The lowest BCUT2D eigenvalue weighted by atomic mass is 9.88. The van der Waals surface area contributed by atoms with Crippen molar-refractivity contribution in [2.75, 3.05) is 20.2 Å². The van der Waals surface area contributed by atoms with Gasteiger partial charge in [0.15, 0.2) is 0 Å². The molecule has 0 aliphatic heterocycles. The van der Waals surface area contributed by atoms with E-state index in [0.717, 1.165) is 32.1 Å². The molecule has 0 unspecified atom stereocenters. The third kappa shape index (κ3) is 4.36. The Hall–Kier alpha value is -1.06. The van der Waals surface area contributed by atoms with Gasteiger partial charge in [-0.1, -0.05) is 26.2 Å². The first-order valence-corrected chi connectivity index (χ1v) is 6.54. The van der Waals surface area contributed by atoms with Gasteiger partial charge in [-0.05, 0) is 19.3 Å². The molecular weight excluding hydrogens is 218 g/mol. The molecule has 4 nitrogen and oxygen atoms in total. The van der Waals surface area contributed by atoms with Crippen LogP contribution in [0.4, 0.5) is 0 Å². The second-order valence-electron chi connectivity index (χ2n) is 4.67. The van der Waals surface area contributed by atoms with Crippen LogP contribution < -0.4 is 0 Å². The summed E-state index contributed by atoms with van der Waals surface area (Å²) >= 11 is 0. The number of hydrogen-bond donors (Lipinski definition) is 0. The van der Waals surface area contributed by atoms with E-state index in [1.54, 1.807) is 4.90 Å². The molecule has 1 rings (SSSR count). The quantitative estimate of drug-likeness (QED) is 0.691. The normalized spacial score (nSPS) is 16.6. The third-order valence-electron chi connectivity index (χ3n) is 3.31. The van der Waals surface area contributed by atoms with E-state index >= 15 is 0 Å². The van der Waals surface area contributed by atoms with E-state index in [9.17, 15) is 9.59 Å². The summed E-state index contributed by atoms with van der Waals surface area (Å²) in [4.78, 5) is 25.2. The molecule has 0 spiro atoms. The summed E-state index contributed by atoms with van der Waals surface area (Å²) in [6, 6.07) is 0. The zero-order valence-electron chi connectivity index (χ0n) is 10.9. The second-order valence-corrected chi connectivity index (χ2v) is 4.67. The molecule has 1 aliphatic rings. The molecule has 1 amide bonds. The standard InChI is InChI=1S/C13H23NO3/c1-3-9-14(10-12(15)17-2)13(16)11-7-5-4-6-8-11/h11H,3-10H2,1-2H3. The first-order valence-electron chi connectivity index (χ1n) is 6.54. The smallest absolute Gasteiger partial charge is 0.325 e. The number of nitrogens with zero attached hydrogens (tertiary/aromatic N) is 1. The Morgan fingerprint density at radius 2 is 1.88 bits per heavy atom. The number of carbonyl (C=O) groups is 2. The predicted octanol–water partition coefficient (Wildman–Crippen LogP) is 1.98. The van der Waals surface area contributed by atoms with Gasteiger partial charge in [0.05, 0.1) is 7.11 Å². The van der Waals surface area contributed by atoms with E-state index in [1.807, 2.05) is 6.92 Å². The van der Waals surface area contributed by atoms with Crippen molar-refractivity contribution in [1.29, 1.82) is 0 Å². The minimum absolute atomic E-state index is 0.0969. The molecule has 0 atom stereocenters. The first-order chi connectivity index (χ1) is 8.19. The Balaban J connectivity index is 2.55. The summed E-state index contributed by atoms with van der Waals surface area (Å²) in [7, 11) is 1.36. The largest absolute Gasteiger partial charge is 0.468 e. The van der Waals surface area contributed by atoms with Crippen molar-refractivity contribution in [3.63, 3.8) is 0 Å². The molecule has 0 radical (unpaired) electrons. The molecule has 0 bridgehead atoms. The Labute approximate surface area is 103 Å². The van der Waals surface area contributed by atoms with Crippen molar-refractivity contribution in [2.45, 2.75) is 45.4 Å². The fourth-order valence-corrected chi connectivity index (χ4v) is 2.37. The van der Waals surface area contributed by atoms with Crippen LogP contribution >= 0.6 is 0 Å². The van der Waals surface area contributed by atoms with Crippen molar-refractivity contribution >= 4 is 11.9 Å². The molecule has 1 aliphatic carbocycles. The van der Waals surface area contributed by atoms with E-state index in [-0.39, 0.29) is 24.3 Å². The summed E-state index contributed by atoms with van der Waals surface area (Å²) < 4.78 is 4.63.